The van der Waals surface area contributed by atoms with Gasteiger partial charge in [-0.1, -0.05) is 18.2 Å². The molecule has 23 heavy (non-hydrogen) atoms. The maximum Gasteiger partial charge on any atom is 0.255 e. The molecule has 1 aromatic carbocycles. The first-order chi connectivity index (χ1) is 11.0. The van der Waals surface area contributed by atoms with Gasteiger partial charge in [0.25, 0.3) is 5.91 Å². The van der Waals surface area contributed by atoms with Crippen LogP contribution in [0.25, 0.3) is 0 Å². The molecule has 6 nitrogen and oxygen atoms in total. The SMILES string of the molecule is CC(NC(=O)c1ccoc1)C(=O)NCC(O)c1ccccc1F. The summed E-state index contributed by atoms with van der Waals surface area (Å²) < 4.78 is 18.3. The van der Waals surface area contributed by atoms with Crippen LogP contribution in [0, 0.1) is 5.82 Å². The highest BCUT2D eigenvalue weighted by Crippen LogP contribution is 2.15. The minimum atomic E-state index is -1.17. The van der Waals surface area contributed by atoms with E-state index in [1.807, 2.05) is 0 Å². The molecule has 0 aliphatic carbocycles. The van der Waals surface area contributed by atoms with Crippen molar-refractivity contribution in [2.45, 2.75) is 19.1 Å². The molecule has 1 aromatic heterocycles. The Bertz CT molecular complexity index is 672. The van der Waals surface area contributed by atoms with Gasteiger partial charge in [-0.2, -0.15) is 0 Å². The molecule has 0 radical (unpaired) electrons. The molecule has 122 valence electrons. The number of hydrogen-bond donors (Lipinski definition) is 3. The van der Waals surface area contributed by atoms with Gasteiger partial charge in [-0.25, -0.2) is 4.39 Å². The van der Waals surface area contributed by atoms with Crippen molar-refractivity contribution in [3.63, 3.8) is 0 Å². The number of halogens is 1. The molecule has 0 saturated carbocycles. The first-order valence-corrected chi connectivity index (χ1v) is 7.02. The average Bonchev–Trinajstić information content (AvgIpc) is 3.07. The number of furan rings is 1. The zero-order valence-corrected chi connectivity index (χ0v) is 12.5. The van der Waals surface area contributed by atoms with E-state index in [4.69, 9.17) is 4.42 Å². The highest BCUT2D eigenvalue weighted by atomic mass is 19.1. The molecule has 3 N–H and O–H groups in total. The molecular weight excluding hydrogens is 303 g/mol. The number of carbonyl (C=O) groups is 2. The summed E-state index contributed by atoms with van der Waals surface area (Å²) in [5, 5.41) is 14.9. The Kier molecular flexibility index (Phi) is 5.48. The summed E-state index contributed by atoms with van der Waals surface area (Å²) in [6, 6.07) is 6.44. The predicted octanol–water partition coefficient (Wildman–Crippen LogP) is 1.39. The van der Waals surface area contributed by atoms with Crippen LogP contribution in [0.3, 0.4) is 0 Å². The van der Waals surface area contributed by atoms with Crippen LogP contribution in [0.2, 0.25) is 0 Å². The van der Waals surface area contributed by atoms with Crippen LogP contribution < -0.4 is 10.6 Å². The smallest absolute Gasteiger partial charge is 0.255 e. The lowest BCUT2D eigenvalue weighted by molar-refractivity contribution is -0.123. The van der Waals surface area contributed by atoms with E-state index in [2.05, 4.69) is 10.6 Å². The van der Waals surface area contributed by atoms with Gasteiger partial charge in [-0.15, -0.1) is 0 Å². The Morgan fingerprint density at radius 1 is 1.30 bits per heavy atom. The molecule has 2 aromatic rings. The number of carbonyl (C=O) groups excluding carboxylic acids is 2. The highest BCUT2D eigenvalue weighted by molar-refractivity contribution is 5.97. The molecule has 0 spiro atoms. The summed E-state index contributed by atoms with van der Waals surface area (Å²) in [5.74, 6) is -1.48. The van der Waals surface area contributed by atoms with Gasteiger partial charge in [-0.3, -0.25) is 9.59 Å². The van der Waals surface area contributed by atoms with Gasteiger partial charge in [0.1, 0.15) is 18.1 Å². The average molecular weight is 320 g/mol. The van der Waals surface area contributed by atoms with Crippen molar-refractivity contribution in [1.29, 1.82) is 0 Å². The zero-order valence-electron chi connectivity index (χ0n) is 12.5. The van der Waals surface area contributed by atoms with E-state index < -0.39 is 29.8 Å². The number of aliphatic hydroxyl groups excluding tert-OH is 1. The molecule has 0 bridgehead atoms. The van der Waals surface area contributed by atoms with Gasteiger partial charge in [0, 0.05) is 12.1 Å². The minimum Gasteiger partial charge on any atom is -0.472 e. The number of aliphatic hydroxyl groups is 1. The van der Waals surface area contributed by atoms with Crippen molar-refractivity contribution >= 4 is 11.8 Å². The second-order valence-electron chi connectivity index (χ2n) is 4.99. The lowest BCUT2D eigenvalue weighted by Crippen LogP contribution is -2.45. The maximum absolute atomic E-state index is 13.5. The number of amides is 2. The zero-order chi connectivity index (χ0) is 16.8. The van der Waals surface area contributed by atoms with E-state index in [1.165, 1.54) is 43.7 Å². The highest BCUT2D eigenvalue weighted by Gasteiger charge is 2.19. The number of rotatable bonds is 6. The fourth-order valence-electron chi connectivity index (χ4n) is 1.94. The van der Waals surface area contributed by atoms with E-state index in [-0.39, 0.29) is 12.1 Å². The first-order valence-electron chi connectivity index (χ1n) is 7.02. The van der Waals surface area contributed by atoms with Gasteiger partial charge < -0.3 is 20.2 Å². The molecule has 7 heteroatoms. The molecule has 0 fully saturated rings. The molecule has 2 atom stereocenters. The lowest BCUT2D eigenvalue weighted by atomic mass is 10.1. The Morgan fingerprint density at radius 3 is 2.70 bits per heavy atom. The van der Waals surface area contributed by atoms with Crippen molar-refractivity contribution in [1.82, 2.24) is 10.6 Å². The largest absolute Gasteiger partial charge is 0.472 e. The molecule has 1 heterocycles. The summed E-state index contributed by atoms with van der Waals surface area (Å²) in [4.78, 5) is 23.7. The fourth-order valence-corrected chi connectivity index (χ4v) is 1.94. The topological polar surface area (TPSA) is 91.6 Å². The summed E-state index contributed by atoms with van der Waals surface area (Å²) in [6.45, 7) is 1.34. The third kappa shape index (κ3) is 4.40. The van der Waals surface area contributed by atoms with E-state index in [9.17, 15) is 19.1 Å². The Balaban J connectivity index is 1.84. The van der Waals surface area contributed by atoms with Gasteiger partial charge in [0.05, 0.1) is 17.9 Å². The number of hydrogen-bond acceptors (Lipinski definition) is 4. The summed E-state index contributed by atoms with van der Waals surface area (Å²) in [7, 11) is 0. The van der Waals surface area contributed by atoms with Crippen LogP contribution in [-0.2, 0) is 4.79 Å². The third-order valence-electron chi connectivity index (χ3n) is 3.26. The second kappa shape index (κ2) is 7.55. The molecule has 2 amide bonds. The third-order valence-corrected chi connectivity index (χ3v) is 3.26. The van der Waals surface area contributed by atoms with Crippen molar-refractivity contribution in [3.05, 3.63) is 59.8 Å². The van der Waals surface area contributed by atoms with Crippen molar-refractivity contribution in [2.24, 2.45) is 0 Å². The van der Waals surface area contributed by atoms with Crippen molar-refractivity contribution < 1.29 is 23.5 Å². The van der Waals surface area contributed by atoms with Gasteiger partial charge in [-0.05, 0) is 19.1 Å². The van der Waals surface area contributed by atoms with Gasteiger partial charge in [0.2, 0.25) is 5.91 Å². The van der Waals surface area contributed by atoms with E-state index in [1.54, 1.807) is 6.07 Å². The van der Waals surface area contributed by atoms with Crippen LogP contribution in [0.5, 0.6) is 0 Å². The summed E-state index contributed by atoms with van der Waals surface area (Å²) >= 11 is 0. The van der Waals surface area contributed by atoms with Crippen molar-refractivity contribution in [2.75, 3.05) is 6.54 Å². The van der Waals surface area contributed by atoms with Gasteiger partial charge in [0.15, 0.2) is 0 Å². The van der Waals surface area contributed by atoms with Crippen molar-refractivity contribution in [3.8, 4) is 0 Å². The monoisotopic (exact) mass is 320 g/mol. The van der Waals surface area contributed by atoms with Gasteiger partial charge >= 0.3 is 0 Å². The van der Waals surface area contributed by atoms with Crippen LogP contribution in [-0.4, -0.2) is 29.5 Å². The summed E-state index contributed by atoms with van der Waals surface area (Å²) in [6.07, 6.45) is 1.45. The minimum absolute atomic E-state index is 0.0999. The molecule has 0 saturated heterocycles. The number of nitrogens with one attached hydrogen (secondary N) is 2. The van der Waals surface area contributed by atoms with E-state index in [0.29, 0.717) is 5.56 Å². The molecule has 0 aliphatic heterocycles. The second-order valence-corrected chi connectivity index (χ2v) is 4.99. The normalized spacial score (nSPS) is 13.2. The predicted molar refractivity (Wildman–Crippen MR) is 80.0 cm³/mol. The molecule has 2 rings (SSSR count). The van der Waals surface area contributed by atoms with Crippen LogP contribution in [0.15, 0.2) is 47.3 Å². The maximum atomic E-state index is 13.5. The Hall–Kier alpha value is -2.67. The number of benzene rings is 1. The van der Waals surface area contributed by atoms with Crippen LogP contribution in [0.4, 0.5) is 4.39 Å². The quantitative estimate of drug-likeness (QED) is 0.750. The first kappa shape index (κ1) is 16.7. The summed E-state index contributed by atoms with van der Waals surface area (Å²) in [5.41, 5.74) is 0.402. The molecular formula is C16H17FN2O4. The Labute approximate surface area is 132 Å². The van der Waals surface area contributed by atoms with E-state index >= 15 is 0 Å². The standard InChI is InChI=1S/C16H17FN2O4/c1-10(19-16(22)11-6-7-23-9-11)15(21)18-8-14(20)12-4-2-3-5-13(12)17/h2-7,9-10,14,20H,8H2,1H3,(H,18,21)(H,19,22). The lowest BCUT2D eigenvalue weighted by Gasteiger charge is -2.16. The Morgan fingerprint density at radius 2 is 2.04 bits per heavy atom. The fraction of sp³-hybridized carbons (Fsp3) is 0.250. The van der Waals surface area contributed by atoms with E-state index in [0.717, 1.165) is 0 Å². The molecule has 0 aliphatic rings. The molecule has 2 unspecified atom stereocenters. The van der Waals surface area contributed by atoms with Crippen LogP contribution in [0.1, 0.15) is 28.9 Å². The van der Waals surface area contributed by atoms with Crippen LogP contribution >= 0.6 is 0 Å².